The number of rotatable bonds is 1. The summed E-state index contributed by atoms with van der Waals surface area (Å²) in [5.41, 5.74) is 2.37. The van der Waals surface area contributed by atoms with Crippen molar-refractivity contribution in [3.05, 3.63) is 35.7 Å². The Morgan fingerprint density at radius 1 is 1.19 bits per heavy atom. The van der Waals surface area contributed by atoms with Crippen LogP contribution in [0.2, 0.25) is 0 Å². The van der Waals surface area contributed by atoms with E-state index < -0.39 is 0 Å². The van der Waals surface area contributed by atoms with Gasteiger partial charge in [-0.15, -0.1) is 0 Å². The van der Waals surface area contributed by atoms with Gasteiger partial charge in [0.25, 0.3) is 5.89 Å². The topological polar surface area (TPSA) is 38.9 Å². The molecule has 0 fully saturated rings. The standard InChI is InChI=1S/C13H16N2O/c1-9-14-12(16-15-9)10-6-5-7-11(8-10)13(2,3)4/h5-8H,1-4H3. The maximum Gasteiger partial charge on any atom is 0.257 e. The zero-order valence-corrected chi connectivity index (χ0v) is 10.1. The van der Waals surface area contributed by atoms with Crippen LogP contribution in [0.3, 0.4) is 0 Å². The third-order valence-corrected chi connectivity index (χ3v) is 2.50. The Morgan fingerprint density at radius 2 is 1.94 bits per heavy atom. The molecule has 0 amide bonds. The summed E-state index contributed by atoms with van der Waals surface area (Å²) in [6.07, 6.45) is 0. The van der Waals surface area contributed by atoms with Gasteiger partial charge < -0.3 is 4.52 Å². The van der Waals surface area contributed by atoms with Crippen molar-refractivity contribution in [3.8, 4) is 11.5 Å². The molecule has 0 atom stereocenters. The van der Waals surface area contributed by atoms with Crippen molar-refractivity contribution in [1.29, 1.82) is 0 Å². The first kappa shape index (κ1) is 10.9. The maximum atomic E-state index is 5.16. The van der Waals surface area contributed by atoms with Crippen LogP contribution in [-0.2, 0) is 5.41 Å². The van der Waals surface area contributed by atoms with Gasteiger partial charge in [-0.05, 0) is 30.0 Å². The van der Waals surface area contributed by atoms with Crippen LogP contribution in [0.1, 0.15) is 32.2 Å². The molecule has 0 aliphatic carbocycles. The van der Waals surface area contributed by atoms with Gasteiger partial charge in [0.05, 0.1) is 0 Å². The highest BCUT2D eigenvalue weighted by Crippen LogP contribution is 2.26. The molecule has 0 radical (unpaired) electrons. The third-order valence-electron chi connectivity index (χ3n) is 2.50. The van der Waals surface area contributed by atoms with Crippen molar-refractivity contribution >= 4 is 0 Å². The van der Waals surface area contributed by atoms with E-state index in [-0.39, 0.29) is 5.41 Å². The molecule has 2 rings (SSSR count). The first-order chi connectivity index (χ1) is 7.47. The van der Waals surface area contributed by atoms with Crippen LogP contribution >= 0.6 is 0 Å². The summed E-state index contributed by atoms with van der Waals surface area (Å²) < 4.78 is 5.16. The Balaban J connectivity index is 2.44. The molecule has 1 heterocycles. The van der Waals surface area contributed by atoms with Crippen LogP contribution in [-0.4, -0.2) is 10.1 Å². The average molecular weight is 216 g/mol. The van der Waals surface area contributed by atoms with Crippen molar-refractivity contribution in [2.45, 2.75) is 33.1 Å². The zero-order valence-electron chi connectivity index (χ0n) is 10.1. The monoisotopic (exact) mass is 216 g/mol. The summed E-state index contributed by atoms with van der Waals surface area (Å²) in [5, 5.41) is 3.80. The highest BCUT2D eigenvalue weighted by atomic mass is 16.5. The van der Waals surface area contributed by atoms with Crippen LogP contribution < -0.4 is 0 Å². The molecule has 0 saturated carbocycles. The Bertz CT molecular complexity index is 495. The number of hydrogen-bond donors (Lipinski definition) is 0. The molecule has 0 unspecified atom stereocenters. The maximum absolute atomic E-state index is 5.16. The van der Waals surface area contributed by atoms with E-state index >= 15 is 0 Å². The van der Waals surface area contributed by atoms with Crippen LogP contribution in [0.15, 0.2) is 28.8 Å². The largest absolute Gasteiger partial charge is 0.334 e. The summed E-state index contributed by atoms with van der Waals surface area (Å²) in [5.74, 6) is 1.25. The highest BCUT2D eigenvalue weighted by molar-refractivity contribution is 5.54. The second-order valence-electron chi connectivity index (χ2n) is 4.98. The molecule has 0 aliphatic rings. The Labute approximate surface area is 95.5 Å². The minimum absolute atomic E-state index is 0.130. The van der Waals surface area contributed by atoms with Crippen LogP contribution in [0.5, 0.6) is 0 Å². The van der Waals surface area contributed by atoms with Crippen molar-refractivity contribution in [1.82, 2.24) is 10.1 Å². The smallest absolute Gasteiger partial charge is 0.257 e. The van der Waals surface area contributed by atoms with E-state index in [2.05, 4.69) is 43.0 Å². The summed E-state index contributed by atoms with van der Waals surface area (Å²) >= 11 is 0. The summed E-state index contributed by atoms with van der Waals surface area (Å²) in [4.78, 5) is 4.23. The van der Waals surface area contributed by atoms with Crippen LogP contribution in [0, 0.1) is 6.92 Å². The Hall–Kier alpha value is -1.64. The average Bonchev–Trinajstić information content (AvgIpc) is 2.64. The second-order valence-corrected chi connectivity index (χ2v) is 4.98. The number of benzene rings is 1. The van der Waals surface area contributed by atoms with Gasteiger partial charge in [-0.3, -0.25) is 0 Å². The second kappa shape index (κ2) is 3.74. The van der Waals surface area contributed by atoms with Crippen molar-refractivity contribution < 1.29 is 4.52 Å². The van der Waals surface area contributed by atoms with Gasteiger partial charge in [-0.2, -0.15) is 4.98 Å². The number of nitrogens with zero attached hydrogens (tertiary/aromatic N) is 2. The van der Waals surface area contributed by atoms with E-state index in [4.69, 9.17) is 4.52 Å². The van der Waals surface area contributed by atoms with Crippen LogP contribution in [0.4, 0.5) is 0 Å². The number of aryl methyl sites for hydroxylation is 1. The fourth-order valence-electron chi connectivity index (χ4n) is 1.53. The predicted molar refractivity (Wildman–Crippen MR) is 63.2 cm³/mol. The van der Waals surface area contributed by atoms with Crippen molar-refractivity contribution in [2.75, 3.05) is 0 Å². The third kappa shape index (κ3) is 2.13. The van der Waals surface area contributed by atoms with Gasteiger partial charge in [0, 0.05) is 5.56 Å². The molecule has 0 spiro atoms. The molecular weight excluding hydrogens is 200 g/mol. The number of hydrogen-bond acceptors (Lipinski definition) is 3. The SMILES string of the molecule is Cc1noc(-c2cccc(C(C)(C)C)c2)n1. The predicted octanol–water partition coefficient (Wildman–Crippen LogP) is 3.34. The van der Waals surface area contributed by atoms with Gasteiger partial charge in [0.1, 0.15) is 0 Å². The summed E-state index contributed by atoms with van der Waals surface area (Å²) in [6, 6.07) is 8.23. The molecule has 0 aliphatic heterocycles. The van der Waals surface area contributed by atoms with E-state index in [1.165, 1.54) is 5.56 Å². The fourth-order valence-corrected chi connectivity index (χ4v) is 1.53. The number of aromatic nitrogens is 2. The van der Waals surface area contributed by atoms with Gasteiger partial charge in [-0.1, -0.05) is 38.1 Å². The molecule has 1 aromatic heterocycles. The molecule has 0 saturated heterocycles. The molecule has 0 bridgehead atoms. The Morgan fingerprint density at radius 3 is 2.50 bits per heavy atom. The van der Waals surface area contributed by atoms with Crippen LogP contribution in [0.25, 0.3) is 11.5 Å². The van der Waals surface area contributed by atoms with Crippen molar-refractivity contribution in [3.63, 3.8) is 0 Å². The molecule has 1 aromatic carbocycles. The first-order valence-electron chi connectivity index (χ1n) is 5.38. The van der Waals surface area contributed by atoms with E-state index in [1.807, 2.05) is 19.1 Å². The normalized spacial score (nSPS) is 11.8. The molecule has 0 N–H and O–H groups in total. The van der Waals surface area contributed by atoms with Gasteiger partial charge in [-0.25, -0.2) is 0 Å². The van der Waals surface area contributed by atoms with E-state index in [9.17, 15) is 0 Å². The van der Waals surface area contributed by atoms with E-state index in [0.717, 1.165) is 5.56 Å². The quantitative estimate of drug-likeness (QED) is 0.733. The lowest BCUT2D eigenvalue weighted by Gasteiger charge is -2.19. The minimum atomic E-state index is 0.130. The lowest BCUT2D eigenvalue weighted by atomic mass is 9.86. The lowest BCUT2D eigenvalue weighted by Crippen LogP contribution is -2.10. The van der Waals surface area contributed by atoms with Gasteiger partial charge >= 0.3 is 0 Å². The first-order valence-corrected chi connectivity index (χ1v) is 5.38. The summed E-state index contributed by atoms with van der Waals surface area (Å²) in [6.45, 7) is 8.38. The molecule has 2 aromatic rings. The van der Waals surface area contributed by atoms with E-state index in [0.29, 0.717) is 11.7 Å². The Kier molecular flexibility index (Phi) is 2.54. The fraction of sp³-hybridized carbons (Fsp3) is 0.385. The molecule has 16 heavy (non-hydrogen) atoms. The lowest BCUT2D eigenvalue weighted by molar-refractivity contribution is 0.425. The van der Waals surface area contributed by atoms with Gasteiger partial charge in [0.15, 0.2) is 5.82 Å². The van der Waals surface area contributed by atoms with Crippen molar-refractivity contribution in [2.24, 2.45) is 0 Å². The molecule has 3 nitrogen and oxygen atoms in total. The highest BCUT2D eigenvalue weighted by Gasteiger charge is 2.15. The molecular formula is C13H16N2O. The van der Waals surface area contributed by atoms with Gasteiger partial charge in [0.2, 0.25) is 0 Å². The minimum Gasteiger partial charge on any atom is -0.334 e. The summed E-state index contributed by atoms with van der Waals surface area (Å²) in [7, 11) is 0. The molecule has 84 valence electrons. The zero-order chi connectivity index (χ0) is 11.8. The van der Waals surface area contributed by atoms with E-state index in [1.54, 1.807) is 0 Å². The molecule has 3 heteroatoms.